The Morgan fingerprint density at radius 2 is 1.55 bits per heavy atom. The normalized spacial score (nSPS) is 40.6. The molecule has 7 heteroatoms. The van der Waals surface area contributed by atoms with Gasteiger partial charge in [0, 0.05) is 38.3 Å². The summed E-state index contributed by atoms with van der Waals surface area (Å²) >= 11 is 0. The average molecular weight is 700 g/mol. The third kappa shape index (κ3) is 5.78. The zero-order valence-corrected chi connectivity index (χ0v) is 32.4. The Balaban J connectivity index is 1.14. The second kappa shape index (κ2) is 13.1. The Morgan fingerprint density at radius 1 is 0.863 bits per heavy atom. The highest BCUT2D eigenvalue weighted by atomic mass is 16.4. The van der Waals surface area contributed by atoms with Crippen molar-refractivity contribution in [3.05, 3.63) is 53.6 Å². The number of allylic oxidation sites excluding steroid dienone is 3. The summed E-state index contributed by atoms with van der Waals surface area (Å²) in [7, 11) is 0. The number of amides is 1. The number of nitrogens with one attached hydrogen (secondary N) is 1. The van der Waals surface area contributed by atoms with E-state index in [2.05, 4.69) is 69.3 Å². The standard InChI is InChI=1S/C44H65N3O4/c1-29(2)32-14-19-44(45-37(49)28-47-24-22-46(23-25-47)26-27-48)21-20-42(6)34(38(32)44)12-13-36-41(5)17-15-33(30-8-10-31(11-9-30)39(50)51)40(3,4)35(41)16-18-43(36,42)7/h8-11,15,32,34-36,38,48H,1,12-14,16-28H2,2-7H3,(H,45,49)(H,50,51). The number of carbonyl (C=O) groups excluding carboxylic acids is 1. The number of rotatable bonds is 8. The second-order valence-electron chi connectivity index (χ2n) is 19.2. The van der Waals surface area contributed by atoms with Gasteiger partial charge in [0.2, 0.25) is 5.91 Å². The number of aromatic carboxylic acids is 1. The van der Waals surface area contributed by atoms with Gasteiger partial charge in [-0.3, -0.25) is 14.6 Å². The number of hydrogen-bond acceptors (Lipinski definition) is 5. The van der Waals surface area contributed by atoms with E-state index in [0.29, 0.717) is 48.2 Å². The van der Waals surface area contributed by atoms with E-state index in [0.717, 1.165) is 57.4 Å². The third-order valence-electron chi connectivity index (χ3n) is 16.7. The molecular weight excluding hydrogens is 635 g/mol. The number of fused-ring (bicyclic) bond motifs is 7. The molecule has 280 valence electrons. The van der Waals surface area contributed by atoms with Gasteiger partial charge < -0.3 is 15.5 Å². The van der Waals surface area contributed by atoms with Gasteiger partial charge in [-0.25, -0.2) is 4.79 Å². The van der Waals surface area contributed by atoms with E-state index in [-0.39, 0.29) is 39.7 Å². The van der Waals surface area contributed by atoms with Crippen LogP contribution in [0.25, 0.3) is 5.57 Å². The molecule has 1 saturated heterocycles. The molecule has 1 aromatic carbocycles. The van der Waals surface area contributed by atoms with Crippen molar-refractivity contribution >= 4 is 17.4 Å². The van der Waals surface area contributed by atoms with Crippen LogP contribution in [0.4, 0.5) is 0 Å². The van der Waals surface area contributed by atoms with Crippen LogP contribution in [0.1, 0.15) is 115 Å². The minimum Gasteiger partial charge on any atom is -0.478 e. The minimum atomic E-state index is -0.874. The summed E-state index contributed by atoms with van der Waals surface area (Å²) in [6.07, 6.45) is 13.0. The lowest BCUT2D eigenvalue weighted by molar-refractivity contribution is -0.219. The summed E-state index contributed by atoms with van der Waals surface area (Å²) in [5.41, 5.74) is 4.65. The van der Waals surface area contributed by atoms with Crippen molar-refractivity contribution in [1.29, 1.82) is 0 Å². The molecule has 1 aromatic rings. The lowest BCUT2D eigenvalue weighted by Crippen LogP contribution is -2.68. The molecular formula is C44H65N3O4. The molecule has 5 fully saturated rings. The predicted octanol–water partition coefficient (Wildman–Crippen LogP) is 7.51. The van der Waals surface area contributed by atoms with E-state index in [1.54, 1.807) is 12.1 Å². The second-order valence-corrected chi connectivity index (χ2v) is 19.2. The fourth-order valence-electron chi connectivity index (χ4n) is 14.1. The van der Waals surface area contributed by atoms with E-state index in [1.807, 2.05) is 12.1 Å². The maximum Gasteiger partial charge on any atom is 0.335 e. The highest BCUT2D eigenvalue weighted by molar-refractivity contribution is 5.88. The van der Waals surface area contributed by atoms with Crippen molar-refractivity contribution in [3.8, 4) is 0 Å². The number of carbonyl (C=O) groups is 2. The van der Waals surface area contributed by atoms with E-state index >= 15 is 0 Å². The van der Waals surface area contributed by atoms with E-state index in [1.165, 1.54) is 43.3 Å². The number of aliphatic hydroxyl groups is 1. The van der Waals surface area contributed by atoms with Crippen molar-refractivity contribution in [2.24, 2.45) is 51.2 Å². The van der Waals surface area contributed by atoms with Crippen LogP contribution < -0.4 is 5.32 Å². The Bertz CT molecular complexity index is 1560. The fraction of sp³-hybridized carbons (Fsp3) is 0.727. The van der Waals surface area contributed by atoms with Gasteiger partial charge in [0.05, 0.1) is 18.7 Å². The van der Waals surface area contributed by atoms with Crippen LogP contribution in [0, 0.1) is 51.2 Å². The van der Waals surface area contributed by atoms with Gasteiger partial charge in [-0.2, -0.15) is 0 Å². The third-order valence-corrected chi connectivity index (χ3v) is 16.7. The SMILES string of the molecule is C=C(C)C1CCC2(NC(=O)CN3CCN(CCO)CC3)CCC3(C)C(CCC4C5(C)CC=C(c6ccc(C(=O)O)cc6)C(C)(C)C5CCC43C)C12. The monoisotopic (exact) mass is 699 g/mol. The molecule has 9 unspecified atom stereocenters. The lowest BCUT2D eigenvalue weighted by Gasteiger charge is -2.72. The van der Waals surface area contributed by atoms with Crippen molar-refractivity contribution in [2.75, 3.05) is 45.9 Å². The first kappa shape index (κ1) is 36.9. The Kier molecular flexibility index (Phi) is 9.49. The summed E-state index contributed by atoms with van der Waals surface area (Å²) in [6.45, 7) is 24.6. The number of benzene rings is 1. The van der Waals surface area contributed by atoms with Crippen LogP contribution in [0.3, 0.4) is 0 Å². The zero-order valence-electron chi connectivity index (χ0n) is 32.4. The number of β-amino-alcohol motifs (C(OH)–C–C–N with tert-alkyl or cyclic N) is 1. The average Bonchev–Trinajstić information content (AvgIpc) is 3.45. The molecule has 0 bridgehead atoms. The molecule has 9 atom stereocenters. The smallest absolute Gasteiger partial charge is 0.335 e. The Labute approximate surface area is 307 Å². The maximum absolute atomic E-state index is 13.9. The number of aliphatic hydroxyl groups excluding tert-OH is 1. The predicted molar refractivity (Wildman–Crippen MR) is 204 cm³/mol. The molecule has 1 heterocycles. The molecule has 51 heavy (non-hydrogen) atoms. The number of carboxylic acid groups (broad SMARTS) is 1. The molecule has 0 spiro atoms. The van der Waals surface area contributed by atoms with Crippen LogP contribution >= 0.6 is 0 Å². The maximum atomic E-state index is 13.9. The molecule has 5 aliphatic carbocycles. The molecule has 7 rings (SSSR count). The zero-order chi connectivity index (χ0) is 36.6. The van der Waals surface area contributed by atoms with Crippen LogP contribution in [0.5, 0.6) is 0 Å². The lowest BCUT2D eigenvalue weighted by atomic mass is 9.33. The minimum absolute atomic E-state index is 0.00913. The first-order valence-corrected chi connectivity index (χ1v) is 20.2. The molecule has 3 N–H and O–H groups in total. The molecule has 7 nitrogen and oxygen atoms in total. The van der Waals surface area contributed by atoms with Gasteiger partial charge in [0.15, 0.2) is 0 Å². The van der Waals surface area contributed by atoms with E-state index < -0.39 is 5.97 Å². The van der Waals surface area contributed by atoms with Crippen LogP contribution in [0.15, 0.2) is 42.5 Å². The van der Waals surface area contributed by atoms with Crippen LogP contribution in [-0.2, 0) is 4.79 Å². The van der Waals surface area contributed by atoms with Crippen LogP contribution in [-0.4, -0.2) is 83.3 Å². The summed E-state index contributed by atoms with van der Waals surface area (Å²) in [6, 6.07) is 7.56. The summed E-state index contributed by atoms with van der Waals surface area (Å²) in [5, 5.41) is 22.6. The summed E-state index contributed by atoms with van der Waals surface area (Å²) < 4.78 is 0. The molecule has 0 aromatic heterocycles. The van der Waals surface area contributed by atoms with Gasteiger partial charge in [0.1, 0.15) is 0 Å². The molecule has 1 aliphatic heterocycles. The van der Waals surface area contributed by atoms with Gasteiger partial charge in [0.25, 0.3) is 0 Å². The number of hydrogen-bond donors (Lipinski definition) is 3. The largest absolute Gasteiger partial charge is 0.478 e. The number of carboxylic acids is 1. The first-order valence-electron chi connectivity index (χ1n) is 20.2. The van der Waals surface area contributed by atoms with E-state index in [9.17, 15) is 19.8 Å². The Morgan fingerprint density at radius 3 is 2.20 bits per heavy atom. The van der Waals surface area contributed by atoms with Crippen molar-refractivity contribution in [3.63, 3.8) is 0 Å². The van der Waals surface area contributed by atoms with E-state index in [4.69, 9.17) is 0 Å². The van der Waals surface area contributed by atoms with Crippen molar-refractivity contribution in [2.45, 2.75) is 105 Å². The molecule has 6 aliphatic rings. The van der Waals surface area contributed by atoms with Crippen molar-refractivity contribution in [1.82, 2.24) is 15.1 Å². The molecule has 4 saturated carbocycles. The highest BCUT2D eigenvalue weighted by Gasteiger charge is 2.70. The van der Waals surface area contributed by atoms with Gasteiger partial charge in [-0.15, -0.1) is 0 Å². The highest BCUT2D eigenvalue weighted by Crippen LogP contribution is 2.76. The number of piperazine rings is 1. The van der Waals surface area contributed by atoms with Crippen LogP contribution in [0.2, 0.25) is 0 Å². The summed E-state index contributed by atoms with van der Waals surface area (Å²) in [4.78, 5) is 30.1. The van der Waals surface area contributed by atoms with Gasteiger partial charge >= 0.3 is 5.97 Å². The summed E-state index contributed by atoms with van der Waals surface area (Å²) in [5.74, 6) is 1.97. The number of nitrogens with zero attached hydrogens (tertiary/aromatic N) is 2. The van der Waals surface area contributed by atoms with Gasteiger partial charge in [-0.1, -0.05) is 65.0 Å². The fourth-order valence-corrected chi connectivity index (χ4v) is 14.1. The topological polar surface area (TPSA) is 93.1 Å². The van der Waals surface area contributed by atoms with Gasteiger partial charge in [-0.05, 0) is 139 Å². The first-order chi connectivity index (χ1) is 24.1. The van der Waals surface area contributed by atoms with Crippen molar-refractivity contribution < 1.29 is 19.8 Å². The molecule has 0 radical (unpaired) electrons. The molecule has 1 amide bonds. The quantitative estimate of drug-likeness (QED) is 0.243. The Hall–Kier alpha value is -2.48.